The van der Waals surface area contributed by atoms with Crippen molar-refractivity contribution < 1.29 is 19.1 Å². The highest BCUT2D eigenvalue weighted by Gasteiger charge is 2.21. The van der Waals surface area contributed by atoms with Gasteiger partial charge in [-0.05, 0) is 24.5 Å². The maximum atomic E-state index is 12.5. The lowest BCUT2D eigenvalue weighted by atomic mass is 10.0. The van der Waals surface area contributed by atoms with Crippen molar-refractivity contribution in [1.82, 2.24) is 9.97 Å². The van der Waals surface area contributed by atoms with E-state index in [1.807, 2.05) is 13.8 Å². The van der Waals surface area contributed by atoms with Gasteiger partial charge in [0.2, 0.25) is 11.9 Å². The summed E-state index contributed by atoms with van der Waals surface area (Å²) in [7, 11) is 2.97. The number of hydrogen-bond acceptors (Lipinski definition) is 8. The Morgan fingerprint density at radius 3 is 2.37 bits per heavy atom. The number of anilines is 3. The molecule has 0 radical (unpaired) electrons. The van der Waals surface area contributed by atoms with Crippen molar-refractivity contribution in [3.8, 4) is 11.5 Å². The van der Waals surface area contributed by atoms with E-state index >= 15 is 0 Å². The molecule has 0 spiro atoms. The minimum absolute atomic E-state index is 0.0302. The summed E-state index contributed by atoms with van der Waals surface area (Å²) in [6, 6.07) is 4.13. The number of nitrogens with zero attached hydrogens (tertiary/aromatic N) is 1. The topological polar surface area (TPSA) is 174 Å². The number of carbonyl (C=O) groups excluding carboxylic acids is 2. The van der Waals surface area contributed by atoms with Crippen LogP contribution < -0.4 is 37.1 Å². The summed E-state index contributed by atoms with van der Waals surface area (Å²) in [5.74, 6) is -0.594. The Hall–Kier alpha value is -3.76. The highest BCUT2D eigenvalue weighted by atomic mass is 16.5. The van der Waals surface area contributed by atoms with Crippen molar-refractivity contribution in [3.05, 3.63) is 34.1 Å². The second-order valence-corrected chi connectivity index (χ2v) is 6.93. The van der Waals surface area contributed by atoms with Gasteiger partial charge in [0.25, 0.3) is 11.5 Å². The number of ether oxygens (including phenoxy) is 2. The number of carbonyl (C=O) groups is 2. The fraction of sp³-hybridized carbons (Fsp3) is 0.368. The van der Waals surface area contributed by atoms with E-state index in [2.05, 4.69) is 20.6 Å². The number of benzene rings is 1. The first kappa shape index (κ1) is 22.5. The molecule has 162 valence electrons. The summed E-state index contributed by atoms with van der Waals surface area (Å²) in [6.45, 7) is 3.85. The predicted octanol–water partition coefficient (Wildman–Crippen LogP) is 0.942. The molecule has 2 amide bonds. The minimum Gasteiger partial charge on any atom is -0.493 e. The average molecular weight is 418 g/mol. The SMILES string of the molecule is COc1ccc(Nc2nc(NC(CC(C)C)C(N)=O)[nH]c(=O)c2C(N)=O)cc1OC. The summed E-state index contributed by atoms with van der Waals surface area (Å²) >= 11 is 0. The molecule has 7 N–H and O–H groups in total. The monoisotopic (exact) mass is 418 g/mol. The van der Waals surface area contributed by atoms with E-state index in [-0.39, 0.29) is 23.2 Å². The van der Waals surface area contributed by atoms with E-state index in [4.69, 9.17) is 20.9 Å². The summed E-state index contributed by atoms with van der Waals surface area (Å²) < 4.78 is 10.4. The Morgan fingerprint density at radius 2 is 1.83 bits per heavy atom. The van der Waals surface area contributed by atoms with E-state index in [1.165, 1.54) is 14.2 Å². The van der Waals surface area contributed by atoms with Crippen molar-refractivity contribution in [2.24, 2.45) is 17.4 Å². The molecule has 1 unspecified atom stereocenters. The molecule has 1 heterocycles. The van der Waals surface area contributed by atoms with E-state index in [9.17, 15) is 14.4 Å². The summed E-state index contributed by atoms with van der Waals surface area (Å²) in [5.41, 5.74) is 10.1. The average Bonchev–Trinajstić information content (AvgIpc) is 2.66. The first-order valence-corrected chi connectivity index (χ1v) is 9.15. The lowest BCUT2D eigenvalue weighted by molar-refractivity contribution is -0.119. The Morgan fingerprint density at radius 1 is 1.17 bits per heavy atom. The maximum absolute atomic E-state index is 12.5. The molecule has 0 saturated carbocycles. The van der Waals surface area contributed by atoms with Gasteiger partial charge in [0, 0.05) is 11.8 Å². The Bertz CT molecular complexity index is 988. The first-order valence-electron chi connectivity index (χ1n) is 9.15. The van der Waals surface area contributed by atoms with Crippen molar-refractivity contribution in [2.75, 3.05) is 24.9 Å². The maximum Gasteiger partial charge on any atom is 0.267 e. The number of hydrogen-bond donors (Lipinski definition) is 5. The summed E-state index contributed by atoms with van der Waals surface area (Å²) in [6.07, 6.45) is 0.426. The standard InChI is InChI=1S/C19H26N6O5/c1-9(2)7-11(15(20)26)23-19-24-17(14(16(21)27)18(28)25-19)22-10-5-6-12(29-3)13(8-10)30-4/h5-6,8-9,11H,7H2,1-4H3,(H2,20,26)(H2,21,27)(H3,22,23,24,25,28). The van der Waals surface area contributed by atoms with Crippen LogP contribution in [0.2, 0.25) is 0 Å². The quantitative estimate of drug-likeness (QED) is 0.379. The van der Waals surface area contributed by atoms with Crippen molar-refractivity contribution in [2.45, 2.75) is 26.3 Å². The zero-order chi connectivity index (χ0) is 22.4. The number of amides is 2. The van der Waals surface area contributed by atoms with Crippen LogP contribution in [-0.2, 0) is 4.79 Å². The Labute approximate surface area is 173 Å². The fourth-order valence-electron chi connectivity index (χ4n) is 2.79. The van der Waals surface area contributed by atoms with Gasteiger partial charge in [0.05, 0.1) is 14.2 Å². The van der Waals surface area contributed by atoms with E-state index in [0.717, 1.165) is 0 Å². The lowest BCUT2D eigenvalue weighted by Gasteiger charge is -2.19. The second-order valence-electron chi connectivity index (χ2n) is 6.93. The number of nitrogens with two attached hydrogens (primary N) is 2. The van der Waals surface area contributed by atoms with Gasteiger partial charge in [-0.2, -0.15) is 4.98 Å². The van der Waals surface area contributed by atoms with E-state index in [0.29, 0.717) is 23.6 Å². The number of H-pyrrole nitrogens is 1. The van der Waals surface area contributed by atoms with Gasteiger partial charge < -0.3 is 31.6 Å². The number of aromatic nitrogens is 2. The molecule has 1 aromatic heterocycles. The molecular formula is C19H26N6O5. The second kappa shape index (κ2) is 9.63. The van der Waals surface area contributed by atoms with Gasteiger partial charge in [-0.1, -0.05) is 13.8 Å². The van der Waals surface area contributed by atoms with Crippen molar-refractivity contribution >= 4 is 29.3 Å². The van der Waals surface area contributed by atoms with Gasteiger partial charge in [-0.15, -0.1) is 0 Å². The van der Waals surface area contributed by atoms with Crippen LogP contribution in [0, 0.1) is 5.92 Å². The molecule has 0 fully saturated rings. The normalized spacial score (nSPS) is 11.6. The molecule has 0 bridgehead atoms. The third kappa shape index (κ3) is 5.40. The number of nitrogens with one attached hydrogen (secondary N) is 3. The van der Waals surface area contributed by atoms with Crippen molar-refractivity contribution in [1.29, 1.82) is 0 Å². The largest absolute Gasteiger partial charge is 0.493 e. The molecule has 2 rings (SSSR count). The number of rotatable bonds is 10. The highest BCUT2D eigenvalue weighted by molar-refractivity contribution is 5.98. The summed E-state index contributed by atoms with van der Waals surface area (Å²) in [5, 5.41) is 5.69. The van der Waals surface area contributed by atoms with Gasteiger partial charge >= 0.3 is 0 Å². The molecular weight excluding hydrogens is 392 g/mol. The molecule has 11 heteroatoms. The molecule has 2 aromatic rings. The Kier molecular flexibility index (Phi) is 7.23. The van der Waals surface area contributed by atoms with Crippen molar-refractivity contribution in [3.63, 3.8) is 0 Å². The molecule has 1 aromatic carbocycles. The Balaban J connectivity index is 2.46. The van der Waals surface area contributed by atoms with Gasteiger partial charge in [0.15, 0.2) is 17.3 Å². The molecule has 0 aliphatic rings. The number of primary amides is 2. The van der Waals surface area contributed by atoms with Crippen LogP contribution in [0.5, 0.6) is 11.5 Å². The molecule has 0 saturated heterocycles. The molecule has 1 atom stereocenters. The summed E-state index contributed by atoms with van der Waals surface area (Å²) in [4.78, 5) is 42.6. The molecule has 11 nitrogen and oxygen atoms in total. The number of aromatic amines is 1. The van der Waals surface area contributed by atoms with Crippen LogP contribution in [0.3, 0.4) is 0 Å². The van der Waals surface area contributed by atoms with Gasteiger partial charge in [0.1, 0.15) is 11.6 Å². The number of methoxy groups -OCH3 is 2. The highest BCUT2D eigenvalue weighted by Crippen LogP contribution is 2.31. The molecule has 0 aliphatic heterocycles. The van der Waals surface area contributed by atoms with Crippen LogP contribution in [0.1, 0.15) is 30.6 Å². The molecule has 0 aliphatic carbocycles. The molecule has 30 heavy (non-hydrogen) atoms. The van der Waals surface area contributed by atoms with Gasteiger partial charge in [-0.25, -0.2) is 0 Å². The first-order chi connectivity index (χ1) is 14.2. The minimum atomic E-state index is -0.966. The van der Waals surface area contributed by atoms with Gasteiger partial charge in [-0.3, -0.25) is 19.4 Å². The van der Waals surface area contributed by atoms with Crippen LogP contribution >= 0.6 is 0 Å². The van der Waals surface area contributed by atoms with Crippen LogP contribution in [0.4, 0.5) is 17.5 Å². The van der Waals surface area contributed by atoms with Crippen LogP contribution in [0.15, 0.2) is 23.0 Å². The zero-order valence-corrected chi connectivity index (χ0v) is 17.2. The third-order valence-corrected chi connectivity index (χ3v) is 4.17. The van der Waals surface area contributed by atoms with E-state index in [1.54, 1.807) is 18.2 Å². The van der Waals surface area contributed by atoms with Crippen LogP contribution in [0.25, 0.3) is 0 Å². The third-order valence-electron chi connectivity index (χ3n) is 4.17. The zero-order valence-electron chi connectivity index (χ0n) is 17.2. The van der Waals surface area contributed by atoms with Crippen LogP contribution in [-0.4, -0.2) is 42.0 Å². The van der Waals surface area contributed by atoms with E-state index < -0.39 is 23.4 Å². The smallest absolute Gasteiger partial charge is 0.267 e. The fourth-order valence-corrected chi connectivity index (χ4v) is 2.79. The lowest BCUT2D eigenvalue weighted by Crippen LogP contribution is -2.38. The predicted molar refractivity (Wildman–Crippen MR) is 112 cm³/mol.